The molecule has 90 valence electrons. The van der Waals surface area contributed by atoms with Crippen LogP contribution in [-0.2, 0) is 5.88 Å². The summed E-state index contributed by atoms with van der Waals surface area (Å²) in [5.41, 5.74) is 2.38. The van der Waals surface area contributed by atoms with Crippen molar-refractivity contribution >= 4 is 33.2 Å². The van der Waals surface area contributed by atoms with Crippen LogP contribution in [0.1, 0.15) is 25.8 Å². The van der Waals surface area contributed by atoms with Crippen LogP contribution in [0.5, 0.6) is 0 Å². The summed E-state index contributed by atoms with van der Waals surface area (Å²) in [7, 11) is 2.13. The number of hydrogen-bond donors (Lipinski definition) is 0. The Bertz CT molecular complexity index is 339. The summed E-state index contributed by atoms with van der Waals surface area (Å²) in [5, 5.41) is 0. The van der Waals surface area contributed by atoms with Gasteiger partial charge in [0, 0.05) is 29.6 Å². The monoisotopic (exact) mass is 303 g/mol. The second kappa shape index (κ2) is 6.51. The van der Waals surface area contributed by atoms with Gasteiger partial charge in [-0.2, -0.15) is 0 Å². The lowest BCUT2D eigenvalue weighted by molar-refractivity contribution is 0.585. The highest BCUT2D eigenvalue weighted by molar-refractivity contribution is 9.10. The maximum atomic E-state index is 5.82. The van der Waals surface area contributed by atoms with Gasteiger partial charge in [-0.15, -0.1) is 11.6 Å². The largest absolute Gasteiger partial charge is 0.375 e. The predicted molar refractivity (Wildman–Crippen MR) is 76.4 cm³/mol. The van der Waals surface area contributed by atoms with Gasteiger partial charge >= 0.3 is 0 Å². The molecule has 0 aliphatic carbocycles. The zero-order valence-electron chi connectivity index (χ0n) is 10.1. The highest BCUT2D eigenvalue weighted by Crippen LogP contribution is 2.25. The fraction of sp³-hybridized carbons (Fsp3) is 0.538. The Morgan fingerprint density at radius 1 is 1.38 bits per heavy atom. The summed E-state index contributed by atoms with van der Waals surface area (Å²) in [6.45, 7) is 5.59. The average Bonchev–Trinajstić information content (AvgIpc) is 2.25. The van der Waals surface area contributed by atoms with E-state index in [1.54, 1.807) is 0 Å². The molecule has 3 heteroatoms. The molecule has 0 aromatic heterocycles. The predicted octanol–water partition coefficient (Wildman–Crippen LogP) is 4.67. The highest BCUT2D eigenvalue weighted by atomic mass is 79.9. The third-order valence-corrected chi connectivity index (χ3v) is 3.69. The van der Waals surface area contributed by atoms with Crippen LogP contribution in [0, 0.1) is 5.92 Å². The summed E-state index contributed by atoms with van der Waals surface area (Å²) in [5.74, 6) is 1.30. The van der Waals surface area contributed by atoms with Crippen LogP contribution in [0.4, 0.5) is 5.69 Å². The minimum absolute atomic E-state index is 0.552. The molecule has 16 heavy (non-hydrogen) atoms. The van der Waals surface area contributed by atoms with Gasteiger partial charge in [0.05, 0.1) is 0 Å². The van der Waals surface area contributed by atoms with Crippen molar-refractivity contribution in [3.63, 3.8) is 0 Å². The smallest absolute Gasteiger partial charge is 0.0485 e. The molecule has 0 amide bonds. The summed E-state index contributed by atoms with van der Waals surface area (Å²) >= 11 is 9.37. The third kappa shape index (κ3) is 3.99. The molecule has 0 atom stereocenters. The van der Waals surface area contributed by atoms with E-state index in [2.05, 4.69) is 59.9 Å². The summed E-state index contributed by atoms with van der Waals surface area (Å²) in [4.78, 5) is 2.28. The van der Waals surface area contributed by atoms with Crippen LogP contribution in [-0.4, -0.2) is 13.6 Å². The minimum atomic E-state index is 0.552. The molecule has 1 rings (SSSR count). The van der Waals surface area contributed by atoms with Crippen molar-refractivity contribution in [1.82, 2.24) is 0 Å². The molecule has 0 aliphatic heterocycles. The van der Waals surface area contributed by atoms with E-state index < -0.39 is 0 Å². The van der Waals surface area contributed by atoms with Crippen molar-refractivity contribution in [3.8, 4) is 0 Å². The first kappa shape index (κ1) is 13.9. The molecule has 0 heterocycles. The number of nitrogens with zero attached hydrogens (tertiary/aromatic N) is 1. The molecular formula is C13H19BrClN. The van der Waals surface area contributed by atoms with Gasteiger partial charge in [0.15, 0.2) is 0 Å². The van der Waals surface area contributed by atoms with E-state index in [0.29, 0.717) is 5.88 Å². The topological polar surface area (TPSA) is 3.24 Å². The third-order valence-electron chi connectivity index (χ3n) is 2.66. The molecule has 0 radical (unpaired) electrons. The van der Waals surface area contributed by atoms with Gasteiger partial charge < -0.3 is 4.90 Å². The first-order valence-corrected chi connectivity index (χ1v) is 6.93. The van der Waals surface area contributed by atoms with Gasteiger partial charge in [-0.3, -0.25) is 0 Å². The summed E-state index contributed by atoms with van der Waals surface area (Å²) in [6.07, 6.45) is 1.21. The molecule has 0 spiro atoms. The van der Waals surface area contributed by atoms with E-state index >= 15 is 0 Å². The Morgan fingerprint density at radius 3 is 2.56 bits per heavy atom. The van der Waals surface area contributed by atoms with Gasteiger partial charge in [0.2, 0.25) is 0 Å². The van der Waals surface area contributed by atoms with Gasteiger partial charge in [0.25, 0.3) is 0 Å². The highest BCUT2D eigenvalue weighted by Gasteiger charge is 2.05. The van der Waals surface area contributed by atoms with Gasteiger partial charge in [-0.05, 0) is 30.0 Å². The molecule has 0 bridgehead atoms. The molecule has 0 N–H and O–H groups in total. The van der Waals surface area contributed by atoms with E-state index in [4.69, 9.17) is 11.6 Å². The van der Waals surface area contributed by atoms with E-state index in [0.717, 1.165) is 22.5 Å². The van der Waals surface area contributed by atoms with Gasteiger partial charge in [-0.25, -0.2) is 0 Å². The van der Waals surface area contributed by atoms with Crippen LogP contribution >= 0.6 is 27.5 Å². The second-order valence-electron chi connectivity index (χ2n) is 4.51. The zero-order chi connectivity index (χ0) is 12.1. The van der Waals surface area contributed by atoms with Crippen molar-refractivity contribution in [2.24, 2.45) is 5.92 Å². The van der Waals surface area contributed by atoms with E-state index in [-0.39, 0.29) is 0 Å². The summed E-state index contributed by atoms with van der Waals surface area (Å²) < 4.78 is 1.09. The van der Waals surface area contributed by atoms with Crippen molar-refractivity contribution < 1.29 is 0 Å². The lowest BCUT2D eigenvalue weighted by Gasteiger charge is -2.21. The lowest BCUT2D eigenvalue weighted by atomic mass is 10.1. The van der Waals surface area contributed by atoms with Gasteiger partial charge in [-0.1, -0.05) is 35.8 Å². The number of rotatable bonds is 5. The first-order valence-electron chi connectivity index (χ1n) is 5.60. The van der Waals surface area contributed by atoms with Crippen molar-refractivity contribution in [3.05, 3.63) is 28.2 Å². The Hall–Kier alpha value is -0.210. The Kier molecular flexibility index (Phi) is 5.63. The number of benzene rings is 1. The number of halogens is 2. The molecule has 0 aliphatic rings. The van der Waals surface area contributed by atoms with Gasteiger partial charge in [0.1, 0.15) is 0 Å². The Labute approximate surface area is 112 Å². The van der Waals surface area contributed by atoms with Crippen molar-refractivity contribution in [2.45, 2.75) is 26.1 Å². The molecule has 0 saturated heterocycles. The molecule has 1 nitrogen and oxygen atoms in total. The van der Waals surface area contributed by atoms with Crippen LogP contribution in [0.15, 0.2) is 22.7 Å². The molecule has 0 fully saturated rings. The fourth-order valence-corrected chi connectivity index (χ4v) is 2.36. The first-order chi connectivity index (χ1) is 7.54. The maximum absolute atomic E-state index is 5.82. The molecule has 0 saturated carbocycles. The number of alkyl halides is 1. The van der Waals surface area contributed by atoms with E-state index in [1.165, 1.54) is 12.1 Å². The zero-order valence-corrected chi connectivity index (χ0v) is 12.5. The lowest BCUT2D eigenvalue weighted by Crippen LogP contribution is -2.19. The van der Waals surface area contributed by atoms with Crippen LogP contribution < -0.4 is 4.90 Å². The molecular weight excluding hydrogens is 286 g/mol. The normalized spacial score (nSPS) is 10.9. The van der Waals surface area contributed by atoms with E-state index in [9.17, 15) is 0 Å². The average molecular weight is 305 g/mol. The minimum Gasteiger partial charge on any atom is -0.375 e. The second-order valence-corrected chi connectivity index (χ2v) is 5.64. The number of hydrogen-bond acceptors (Lipinski definition) is 1. The van der Waals surface area contributed by atoms with Crippen LogP contribution in [0.25, 0.3) is 0 Å². The fourth-order valence-electron chi connectivity index (χ4n) is 1.46. The van der Waals surface area contributed by atoms with Crippen LogP contribution in [0.2, 0.25) is 0 Å². The van der Waals surface area contributed by atoms with E-state index in [1.807, 2.05) is 0 Å². The number of anilines is 1. The molecule has 1 aromatic carbocycles. The molecule has 0 unspecified atom stereocenters. The Morgan fingerprint density at radius 2 is 2.06 bits per heavy atom. The quantitative estimate of drug-likeness (QED) is 0.715. The Balaban J connectivity index is 2.69. The summed E-state index contributed by atoms with van der Waals surface area (Å²) in [6, 6.07) is 6.35. The standard InChI is InChI=1S/C13H19BrClN/c1-10(2)6-7-16(3)12-5-4-11(9-15)13(14)8-12/h4-5,8,10H,6-7,9H2,1-3H3. The van der Waals surface area contributed by atoms with Crippen molar-refractivity contribution in [1.29, 1.82) is 0 Å². The maximum Gasteiger partial charge on any atom is 0.0485 e. The van der Waals surface area contributed by atoms with Crippen molar-refractivity contribution in [2.75, 3.05) is 18.5 Å². The SMILES string of the molecule is CC(C)CCN(C)c1ccc(CCl)c(Br)c1. The van der Waals surface area contributed by atoms with Crippen LogP contribution in [0.3, 0.4) is 0 Å². The molecule has 1 aromatic rings.